The molecule has 1 aromatic rings. The molecule has 2 N–H and O–H groups in total. The van der Waals surface area contributed by atoms with Crippen LogP contribution >= 0.6 is 0 Å². The smallest absolute Gasteiger partial charge is 0.314 e. The van der Waals surface area contributed by atoms with Crippen LogP contribution < -0.4 is 20.3 Å². The minimum atomic E-state index is -0.0964. The number of anilines is 1. The van der Waals surface area contributed by atoms with E-state index in [-0.39, 0.29) is 6.03 Å². The Labute approximate surface area is 138 Å². The maximum absolute atomic E-state index is 11.7. The van der Waals surface area contributed by atoms with Crippen LogP contribution in [0, 0.1) is 5.92 Å². The molecule has 1 atom stereocenters. The van der Waals surface area contributed by atoms with Crippen LogP contribution in [0.2, 0.25) is 0 Å². The Hall–Kier alpha value is -1.95. The van der Waals surface area contributed by atoms with E-state index >= 15 is 0 Å². The SMILES string of the molecule is COCCCNC(=O)NC[C@@H]1CCN(c2cccc(OC)c2)C1. The molecule has 1 aromatic carbocycles. The lowest BCUT2D eigenvalue weighted by Gasteiger charge is -2.19. The fraction of sp³-hybridized carbons (Fsp3) is 0.588. The minimum absolute atomic E-state index is 0.0964. The van der Waals surface area contributed by atoms with Gasteiger partial charge in [-0.25, -0.2) is 4.79 Å². The zero-order valence-corrected chi connectivity index (χ0v) is 14.0. The molecule has 128 valence electrons. The first kappa shape index (κ1) is 17.4. The van der Waals surface area contributed by atoms with Crippen LogP contribution in [-0.2, 0) is 4.74 Å². The van der Waals surface area contributed by atoms with Gasteiger partial charge in [0.25, 0.3) is 0 Å². The molecule has 0 radical (unpaired) electrons. The van der Waals surface area contributed by atoms with E-state index in [2.05, 4.69) is 27.7 Å². The van der Waals surface area contributed by atoms with Crippen molar-refractivity contribution in [1.82, 2.24) is 10.6 Å². The first-order valence-electron chi connectivity index (χ1n) is 8.12. The van der Waals surface area contributed by atoms with Gasteiger partial charge in [-0.15, -0.1) is 0 Å². The lowest BCUT2D eigenvalue weighted by Crippen LogP contribution is -2.39. The molecule has 2 amide bonds. The summed E-state index contributed by atoms with van der Waals surface area (Å²) in [7, 11) is 3.34. The third-order valence-corrected chi connectivity index (χ3v) is 4.07. The number of hydrogen-bond donors (Lipinski definition) is 2. The monoisotopic (exact) mass is 321 g/mol. The van der Waals surface area contributed by atoms with E-state index in [1.54, 1.807) is 14.2 Å². The average Bonchev–Trinajstić information content (AvgIpc) is 3.06. The summed E-state index contributed by atoms with van der Waals surface area (Å²) in [5.41, 5.74) is 1.18. The Morgan fingerprint density at radius 1 is 1.35 bits per heavy atom. The van der Waals surface area contributed by atoms with Gasteiger partial charge in [-0.1, -0.05) is 6.07 Å². The lowest BCUT2D eigenvalue weighted by atomic mass is 10.1. The van der Waals surface area contributed by atoms with E-state index in [0.717, 1.165) is 31.7 Å². The summed E-state index contributed by atoms with van der Waals surface area (Å²) in [6, 6.07) is 8.01. The summed E-state index contributed by atoms with van der Waals surface area (Å²) in [5, 5.41) is 5.79. The standard InChI is InChI=1S/C17H27N3O3/c1-22-10-4-8-18-17(21)19-12-14-7-9-20(13-14)15-5-3-6-16(11-15)23-2/h3,5-6,11,14H,4,7-10,12-13H2,1-2H3,(H2,18,19,21)/t14-/m0/s1. The normalized spacial score (nSPS) is 17.1. The van der Waals surface area contributed by atoms with E-state index in [9.17, 15) is 4.79 Å². The van der Waals surface area contributed by atoms with E-state index in [0.29, 0.717) is 25.6 Å². The summed E-state index contributed by atoms with van der Waals surface area (Å²) in [4.78, 5) is 14.0. The average molecular weight is 321 g/mol. The Morgan fingerprint density at radius 2 is 2.22 bits per heavy atom. The molecule has 1 heterocycles. The van der Waals surface area contributed by atoms with E-state index < -0.39 is 0 Å². The Kier molecular flexibility index (Phi) is 7.00. The van der Waals surface area contributed by atoms with Gasteiger partial charge in [0.2, 0.25) is 0 Å². The molecule has 23 heavy (non-hydrogen) atoms. The Bertz CT molecular complexity index is 496. The molecule has 1 saturated heterocycles. The molecular formula is C17H27N3O3. The zero-order valence-electron chi connectivity index (χ0n) is 14.0. The molecule has 0 spiro atoms. The van der Waals surface area contributed by atoms with E-state index in [1.807, 2.05) is 12.1 Å². The number of carbonyl (C=O) groups is 1. The predicted molar refractivity (Wildman–Crippen MR) is 91.2 cm³/mol. The maximum atomic E-state index is 11.7. The molecule has 0 aromatic heterocycles. The highest BCUT2D eigenvalue weighted by Crippen LogP contribution is 2.26. The van der Waals surface area contributed by atoms with Gasteiger partial charge in [-0.3, -0.25) is 0 Å². The van der Waals surface area contributed by atoms with Crippen molar-refractivity contribution in [2.24, 2.45) is 5.92 Å². The van der Waals surface area contributed by atoms with Crippen molar-refractivity contribution in [3.05, 3.63) is 24.3 Å². The number of benzene rings is 1. The fourth-order valence-electron chi connectivity index (χ4n) is 2.76. The fourth-order valence-corrected chi connectivity index (χ4v) is 2.76. The molecule has 0 aliphatic carbocycles. The van der Waals surface area contributed by atoms with E-state index in [4.69, 9.17) is 9.47 Å². The Morgan fingerprint density at radius 3 is 3.00 bits per heavy atom. The largest absolute Gasteiger partial charge is 0.497 e. The van der Waals surface area contributed by atoms with Crippen LogP contribution in [0.1, 0.15) is 12.8 Å². The molecule has 0 saturated carbocycles. The van der Waals surface area contributed by atoms with Crippen molar-refractivity contribution in [3.8, 4) is 5.75 Å². The number of ether oxygens (including phenoxy) is 2. The first-order valence-corrected chi connectivity index (χ1v) is 8.12. The first-order chi connectivity index (χ1) is 11.2. The van der Waals surface area contributed by atoms with Gasteiger partial charge in [0.05, 0.1) is 7.11 Å². The molecule has 2 rings (SSSR count). The topological polar surface area (TPSA) is 62.8 Å². The van der Waals surface area contributed by atoms with Crippen molar-refractivity contribution >= 4 is 11.7 Å². The summed E-state index contributed by atoms with van der Waals surface area (Å²) >= 11 is 0. The van der Waals surface area contributed by atoms with Gasteiger partial charge in [-0.05, 0) is 30.9 Å². The molecule has 6 heteroatoms. The second-order valence-electron chi connectivity index (χ2n) is 5.79. The van der Waals surface area contributed by atoms with Gasteiger partial charge in [0.15, 0.2) is 0 Å². The number of nitrogens with one attached hydrogen (secondary N) is 2. The zero-order chi connectivity index (χ0) is 16.5. The molecule has 1 aliphatic rings. The number of urea groups is 1. The third kappa shape index (κ3) is 5.63. The van der Waals surface area contributed by atoms with Gasteiger partial charge in [-0.2, -0.15) is 0 Å². The molecular weight excluding hydrogens is 294 g/mol. The lowest BCUT2D eigenvalue weighted by molar-refractivity contribution is 0.193. The maximum Gasteiger partial charge on any atom is 0.314 e. The molecule has 1 aliphatic heterocycles. The molecule has 0 bridgehead atoms. The minimum Gasteiger partial charge on any atom is -0.497 e. The third-order valence-electron chi connectivity index (χ3n) is 4.07. The van der Waals surface area contributed by atoms with Crippen molar-refractivity contribution in [3.63, 3.8) is 0 Å². The summed E-state index contributed by atoms with van der Waals surface area (Å²) < 4.78 is 10.2. The van der Waals surface area contributed by atoms with Crippen LogP contribution in [-0.4, -0.2) is 53.0 Å². The van der Waals surface area contributed by atoms with Crippen LogP contribution in [0.25, 0.3) is 0 Å². The number of rotatable bonds is 8. The van der Waals surface area contributed by atoms with Gasteiger partial charge in [0, 0.05) is 51.6 Å². The highest BCUT2D eigenvalue weighted by Gasteiger charge is 2.23. The molecule has 6 nitrogen and oxygen atoms in total. The quantitative estimate of drug-likeness (QED) is 0.718. The van der Waals surface area contributed by atoms with Crippen LogP contribution in [0.4, 0.5) is 10.5 Å². The summed E-state index contributed by atoms with van der Waals surface area (Å²) in [5.74, 6) is 1.35. The number of hydrogen-bond acceptors (Lipinski definition) is 4. The summed E-state index contributed by atoms with van der Waals surface area (Å²) in [6.07, 6.45) is 1.91. The van der Waals surface area contributed by atoms with Crippen LogP contribution in [0.15, 0.2) is 24.3 Å². The molecule has 0 unspecified atom stereocenters. The summed E-state index contributed by atoms with van der Waals surface area (Å²) in [6.45, 7) is 3.97. The van der Waals surface area contributed by atoms with Crippen molar-refractivity contribution in [2.75, 3.05) is 51.9 Å². The second kappa shape index (κ2) is 9.25. The molecule has 1 fully saturated rings. The van der Waals surface area contributed by atoms with Crippen molar-refractivity contribution in [1.29, 1.82) is 0 Å². The van der Waals surface area contributed by atoms with Crippen LogP contribution in [0.3, 0.4) is 0 Å². The number of amides is 2. The number of nitrogens with zero attached hydrogens (tertiary/aromatic N) is 1. The number of carbonyl (C=O) groups excluding carboxylic acids is 1. The second-order valence-corrected chi connectivity index (χ2v) is 5.79. The van der Waals surface area contributed by atoms with E-state index in [1.165, 1.54) is 5.69 Å². The van der Waals surface area contributed by atoms with Gasteiger partial charge < -0.3 is 25.0 Å². The highest BCUT2D eigenvalue weighted by molar-refractivity contribution is 5.73. The van der Waals surface area contributed by atoms with Gasteiger partial charge >= 0.3 is 6.03 Å². The predicted octanol–water partition coefficient (Wildman–Crippen LogP) is 1.86. The van der Waals surface area contributed by atoms with Gasteiger partial charge in [0.1, 0.15) is 5.75 Å². The highest BCUT2D eigenvalue weighted by atomic mass is 16.5. The Balaban J connectivity index is 1.70. The van der Waals surface area contributed by atoms with Crippen LogP contribution in [0.5, 0.6) is 5.75 Å². The van der Waals surface area contributed by atoms with Crippen molar-refractivity contribution in [2.45, 2.75) is 12.8 Å². The van der Waals surface area contributed by atoms with Crippen molar-refractivity contribution < 1.29 is 14.3 Å². The number of methoxy groups -OCH3 is 2.